The molecule has 23 heavy (non-hydrogen) atoms. The van der Waals surface area contributed by atoms with E-state index in [2.05, 4.69) is 16.3 Å². The van der Waals surface area contributed by atoms with E-state index in [1.54, 1.807) is 14.2 Å². The van der Waals surface area contributed by atoms with Crippen molar-refractivity contribution in [3.8, 4) is 11.5 Å². The Bertz CT molecular complexity index is 478. The molecule has 1 heterocycles. The van der Waals surface area contributed by atoms with E-state index in [1.807, 2.05) is 12.1 Å². The van der Waals surface area contributed by atoms with Crippen LogP contribution in [0.5, 0.6) is 11.5 Å². The van der Waals surface area contributed by atoms with Gasteiger partial charge in [0.1, 0.15) is 11.5 Å². The number of hydrogen-bond acceptors (Lipinski definition) is 4. The molecule has 1 aromatic rings. The van der Waals surface area contributed by atoms with Gasteiger partial charge < -0.3 is 14.8 Å². The fourth-order valence-electron chi connectivity index (χ4n) is 3.24. The largest absolute Gasteiger partial charge is 0.497 e. The number of piperazine rings is 1. The highest BCUT2D eigenvalue weighted by Crippen LogP contribution is 2.43. The molecule has 1 aromatic carbocycles. The van der Waals surface area contributed by atoms with Crippen LogP contribution in [-0.4, -0.2) is 45.3 Å². The third-order valence-corrected chi connectivity index (χ3v) is 4.64. The van der Waals surface area contributed by atoms with Crippen molar-refractivity contribution in [2.75, 3.05) is 40.4 Å². The van der Waals surface area contributed by atoms with Crippen molar-refractivity contribution >= 4 is 24.8 Å². The minimum atomic E-state index is 0. The summed E-state index contributed by atoms with van der Waals surface area (Å²) in [6.07, 6.45) is 4.01. The standard InChI is InChI=1S/C17H26N2O2.2ClH/c1-20-14-5-6-17(21-2)15(12-14)16(11-13-3-4-13)19-9-7-18-8-10-19;;/h5-6,12-13,16,18H,3-4,7-11H2,1-2H3;2*1H/t16-;;/m0../s1. The molecule has 0 spiro atoms. The van der Waals surface area contributed by atoms with Gasteiger partial charge in [-0.15, -0.1) is 24.8 Å². The summed E-state index contributed by atoms with van der Waals surface area (Å²) in [5, 5.41) is 3.44. The van der Waals surface area contributed by atoms with Crippen molar-refractivity contribution in [2.24, 2.45) is 5.92 Å². The zero-order valence-corrected chi connectivity index (χ0v) is 15.5. The van der Waals surface area contributed by atoms with E-state index in [-0.39, 0.29) is 24.8 Å². The third kappa shape index (κ3) is 5.15. The van der Waals surface area contributed by atoms with Crippen LogP contribution in [0.3, 0.4) is 0 Å². The Labute approximate surface area is 151 Å². The molecule has 0 aromatic heterocycles. The van der Waals surface area contributed by atoms with Gasteiger partial charge in [0, 0.05) is 37.8 Å². The monoisotopic (exact) mass is 362 g/mol. The lowest BCUT2D eigenvalue weighted by Gasteiger charge is -2.36. The Balaban J connectivity index is 0.00000132. The van der Waals surface area contributed by atoms with Gasteiger partial charge in [-0.1, -0.05) is 12.8 Å². The minimum Gasteiger partial charge on any atom is -0.497 e. The molecular weight excluding hydrogens is 335 g/mol. The molecule has 132 valence electrons. The van der Waals surface area contributed by atoms with Gasteiger partial charge in [0.2, 0.25) is 0 Å². The predicted molar refractivity (Wildman–Crippen MR) is 98.6 cm³/mol. The molecule has 0 bridgehead atoms. The van der Waals surface area contributed by atoms with Gasteiger partial charge in [0.25, 0.3) is 0 Å². The zero-order chi connectivity index (χ0) is 14.7. The quantitative estimate of drug-likeness (QED) is 0.841. The maximum absolute atomic E-state index is 5.62. The first-order valence-corrected chi connectivity index (χ1v) is 7.98. The highest BCUT2D eigenvalue weighted by atomic mass is 35.5. The predicted octanol–water partition coefficient (Wildman–Crippen LogP) is 3.29. The molecule has 1 saturated carbocycles. The van der Waals surface area contributed by atoms with Gasteiger partial charge in [-0.25, -0.2) is 0 Å². The number of benzene rings is 1. The zero-order valence-electron chi connectivity index (χ0n) is 13.9. The molecule has 0 radical (unpaired) electrons. The van der Waals surface area contributed by atoms with Crippen LogP contribution < -0.4 is 14.8 Å². The summed E-state index contributed by atoms with van der Waals surface area (Å²) < 4.78 is 11.0. The van der Waals surface area contributed by atoms with Gasteiger partial charge in [-0.05, 0) is 30.5 Å². The van der Waals surface area contributed by atoms with Crippen molar-refractivity contribution in [3.05, 3.63) is 23.8 Å². The minimum absolute atomic E-state index is 0. The van der Waals surface area contributed by atoms with Gasteiger partial charge in [-0.3, -0.25) is 4.90 Å². The van der Waals surface area contributed by atoms with Gasteiger partial charge in [0.05, 0.1) is 14.2 Å². The first-order chi connectivity index (χ1) is 10.3. The average Bonchev–Trinajstić information content (AvgIpc) is 3.37. The molecule has 2 fully saturated rings. The lowest BCUT2D eigenvalue weighted by molar-refractivity contribution is 0.157. The molecule has 1 aliphatic heterocycles. The Hall–Kier alpha value is -0.680. The summed E-state index contributed by atoms with van der Waals surface area (Å²) in [6.45, 7) is 4.37. The number of nitrogens with one attached hydrogen (secondary N) is 1. The van der Waals surface area contributed by atoms with Crippen LogP contribution in [0, 0.1) is 5.92 Å². The smallest absolute Gasteiger partial charge is 0.123 e. The van der Waals surface area contributed by atoms with Crippen molar-refractivity contribution in [3.63, 3.8) is 0 Å². The van der Waals surface area contributed by atoms with E-state index in [4.69, 9.17) is 9.47 Å². The van der Waals surface area contributed by atoms with Crippen molar-refractivity contribution in [2.45, 2.75) is 25.3 Å². The SMILES string of the molecule is COc1ccc(OC)c([C@H](CC2CC2)N2CCNCC2)c1.Cl.Cl. The summed E-state index contributed by atoms with van der Waals surface area (Å²) in [5.41, 5.74) is 1.28. The second kappa shape index (κ2) is 9.58. The molecule has 1 aliphatic carbocycles. The Morgan fingerprint density at radius 3 is 2.39 bits per heavy atom. The molecule has 4 nitrogen and oxygen atoms in total. The second-order valence-corrected chi connectivity index (χ2v) is 6.09. The van der Waals surface area contributed by atoms with E-state index in [0.717, 1.165) is 43.6 Å². The van der Waals surface area contributed by atoms with Crippen LogP contribution in [0.2, 0.25) is 0 Å². The molecule has 1 atom stereocenters. The van der Waals surface area contributed by atoms with E-state index in [0.29, 0.717) is 6.04 Å². The van der Waals surface area contributed by atoms with Crippen molar-refractivity contribution in [1.29, 1.82) is 0 Å². The van der Waals surface area contributed by atoms with Gasteiger partial charge in [-0.2, -0.15) is 0 Å². The maximum Gasteiger partial charge on any atom is 0.123 e. The Kier molecular flexibility index (Phi) is 8.48. The van der Waals surface area contributed by atoms with Crippen LogP contribution in [0.15, 0.2) is 18.2 Å². The molecule has 0 amide bonds. The van der Waals surface area contributed by atoms with E-state index in [9.17, 15) is 0 Å². The van der Waals surface area contributed by atoms with Crippen molar-refractivity contribution < 1.29 is 9.47 Å². The van der Waals surface area contributed by atoms with Crippen molar-refractivity contribution in [1.82, 2.24) is 10.2 Å². The number of halogens is 2. The van der Waals surface area contributed by atoms with Crippen LogP contribution in [0.4, 0.5) is 0 Å². The van der Waals surface area contributed by atoms with Crippen LogP contribution in [-0.2, 0) is 0 Å². The maximum atomic E-state index is 5.62. The number of ether oxygens (including phenoxy) is 2. The number of rotatable bonds is 6. The average molecular weight is 363 g/mol. The number of hydrogen-bond donors (Lipinski definition) is 1. The molecule has 3 rings (SSSR count). The summed E-state index contributed by atoms with van der Waals surface area (Å²) in [4.78, 5) is 2.60. The molecule has 1 saturated heterocycles. The molecular formula is C17H28Cl2N2O2. The van der Waals surface area contributed by atoms with Gasteiger partial charge >= 0.3 is 0 Å². The fraction of sp³-hybridized carbons (Fsp3) is 0.647. The molecule has 2 aliphatic rings. The van der Waals surface area contributed by atoms with E-state index < -0.39 is 0 Å². The van der Waals surface area contributed by atoms with Crippen LogP contribution in [0.25, 0.3) is 0 Å². The highest BCUT2D eigenvalue weighted by Gasteiger charge is 2.32. The summed E-state index contributed by atoms with van der Waals surface area (Å²) in [7, 11) is 3.49. The summed E-state index contributed by atoms with van der Waals surface area (Å²) in [5.74, 6) is 2.79. The lowest BCUT2D eigenvalue weighted by Crippen LogP contribution is -2.45. The molecule has 1 N–H and O–H groups in total. The normalized spacial score (nSPS) is 19.2. The van der Waals surface area contributed by atoms with Crippen LogP contribution in [0.1, 0.15) is 30.9 Å². The second-order valence-electron chi connectivity index (χ2n) is 6.09. The van der Waals surface area contributed by atoms with Crippen LogP contribution >= 0.6 is 24.8 Å². The Morgan fingerprint density at radius 2 is 1.83 bits per heavy atom. The summed E-state index contributed by atoms with van der Waals surface area (Å²) in [6, 6.07) is 6.63. The third-order valence-electron chi connectivity index (χ3n) is 4.64. The molecule has 0 unspecified atom stereocenters. The van der Waals surface area contributed by atoms with E-state index in [1.165, 1.54) is 24.8 Å². The summed E-state index contributed by atoms with van der Waals surface area (Å²) >= 11 is 0. The first-order valence-electron chi connectivity index (χ1n) is 7.98. The van der Waals surface area contributed by atoms with E-state index >= 15 is 0 Å². The molecule has 6 heteroatoms. The number of nitrogens with zero attached hydrogens (tertiary/aromatic N) is 1. The van der Waals surface area contributed by atoms with Gasteiger partial charge in [0.15, 0.2) is 0 Å². The Morgan fingerprint density at radius 1 is 1.13 bits per heavy atom. The lowest BCUT2D eigenvalue weighted by atomic mass is 9.97. The number of methoxy groups -OCH3 is 2. The topological polar surface area (TPSA) is 33.7 Å². The highest BCUT2D eigenvalue weighted by molar-refractivity contribution is 5.85. The fourth-order valence-corrected chi connectivity index (χ4v) is 3.24. The first kappa shape index (κ1) is 20.4.